The number of nitrogens with one attached hydrogen (secondary N) is 2. The number of nitrogens with zero attached hydrogens (tertiary/aromatic N) is 1. The average Bonchev–Trinajstić information content (AvgIpc) is 2.87. The van der Waals surface area contributed by atoms with Crippen molar-refractivity contribution < 1.29 is 4.79 Å². The van der Waals surface area contributed by atoms with Gasteiger partial charge in [-0.1, -0.05) is 0 Å². The highest BCUT2D eigenvalue weighted by Gasteiger charge is 2.24. The number of piperazine rings is 1. The van der Waals surface area contributed by atoms with Crippen LogP contribution < -0.4 is 10.6 Å². The van der Waals surface area contributed by atoms with Crippen LogP contribution in [0.1, 0.15) is 19.8 Å². The Morgan fingerprint density at radius 3 is 3.00 bits per heavy atom. The van der Waals surface area contributed by atoms with Crippen LogP contribution in [0.3, 0.4) is 0 Å². The van der Waals surface area contributed by atoms with Gasteiger partial charge in [-0.15, -0.1) is 0 Å². The van der Waals surface area contributed by atoms with E-state index in [1.807, 2.05) is 0 Å². The van der Waals surface area contributed by atoms with Crippen molar-refractivity contribution in [1.82, 2.24) is 15.5 Å². The maximum Gasteiger partial charge on any atom is 0.234 e. The minimum absolute atomic E-state index is 0.196. The van der Waals surface area contributed by atoms with Gasteiger partial charge in [-0.25, -0.2) is 0 Å². The molecule has 0 radical (unpaired) electrons. The molecule has 0 aromatic heterocycles. The normalized spacial score (nSPS) is 28.8. The van der Waals surface area contributed by atoms with E-state index in [2.05, 4.69) is 22.5 Å². The summed E-state index contributed by atoms with van der Waals surface area (Å²) in [5.41, 5.74) is 0. The van der Waals surface area contributed by atoms with Gasteiger partial charge in [-0.2, -0.15) is 0 Å². The lowest BCUT2D eigenvalue weighted by atomic mass is 10.2. The van der Waals surface area contributed by atoms with Crippen molar-refractivity contribution in [2.45, 2.75) is 31.8 Å². The van der Waals surface area contributed by atoms with Gasteiger partial charge < -0.3 is 10.6 Å². The lowest BCUT2D eigenvalue weighted by molar-refractivity contribution is -0.122. The summed E-state index contributed by atoms with van der Waals surface area (Å²) in [6.07, 6.45) is 2.34. The summed E-state index contributed by atoms with van der Waals surface area (Å²) in [7, 11) is 0. The molecule has 80 valence electrons. The summed E-state index contributed by atoms with van der Waals surface area (Å²) in [6, 6.07) is 1.00. The number of carbonyl (C=O) groups excluding carboxylic acids is 1. The highest BCUT2D eigenvalue weighted by Crippen LogP contribution is 2.18. The highest BCUT2D eigenvalue weighted by molar-refractivity contribution is 5.78. The maximum absolute atomic E-state index is 11.5. The molecule has 14 heavy (non-hydrogen) atoms. The second-order valence-corrected chi connectivity index (χ2v) is 4.43. The molecule has 0 unspecified atom stereocenters. The van der Waals surface area contributed by atoms with E-state index in [1.165, 1.54) is 12.8 Å². The first-order chi connectivity index (χ1) is 6.74. The molecule has 1 amide bonds. The zero-order valence-corrected chi connectivity index (χ0v) is 8.75. The van der Waals surface area contributed by atoms with Crippen LogP contribution in [0.25, 0.3) is 0 Å². The third-order valence-electron chi connectivity index (χ3n) is 2.76. The number of amides is 1. The van der Waals surface area contributed by atoms with Gasteiger partial charge in [-0.05, 0) is 19.8 Å². The predicted octanol–water partition coefficient (Wildman–Crippen LogP) is -0.441. The molecule has 1 atom stereocenters. The third-order valence-corrected chi connectivity index (χ3v) is 2.76. The Morgan fingerprint density at radius 1 is 1.57 bits per heavy atom. The minimum Gasteiger partial charge on any atom is -0.352 e. The SMILES string of the molecule is C[C@H]1CN(CC(=O)NC2CC2)CCN1. The predicted molar refractivity (Wildman–Crippen MR) is 55.1 cm³/mol. The van der Waals surface area contributed by atoms with Crippen molar-refractivity contribution >= 4 is 5.91 Å². The van der Waals surface area contributed by atoms with Crippen LogP contribution in [0, 0.1) is 0 Å². The molecule has 1 saturated carbocycles. The topological polar surface area (TPSA) is 44.4 Å². The Kier molecular flexibility index (Phi) is 3.03. The standard InChI is InChI=1S/C10H19N3O/c1-8-6-13(5-4-11-8)7-10(14)12-9-2-3-9/h8-9,11H,2-7H2,1H3,(H,12,14)/t8-/m0/s1. The Balaban J connectivity index is 1.69. The van der Waals surface area contributed by atoms with Crippen molar-refractivity contribution in [2.24, 2.45) is 0 Å². The number of hydrogen-bond donors (Lipinski definition) is 2. The minimum atomic E-state index is 0.196. The Labute approximate surface area is 85.0 Å². The number of hydrogen-bond acceptors (Lipinski definition) is 3. The van der Waals surface area contributed by atoms with E-state index >= 15 is 0 Å². The van der Waals surface area contributed by atoms with Gasteiger partial charge in [0, 0.05) is 31.7 Å². The summed E-state index contributed by atoms with van der Waals surface area (Å²) in [5.74, 6) is 0.196. The molecule has 2 fully saturated rings. The Hall–Kier alpha value is -0.610. The smallest absolute Gasteiger partial charge is 0.234 e. The van der Waals surface area contributed by atoms with Crippen LogP contribution in [-0.4, -0.2) is 49.1 Å². The second-order valence-electron chi connectivity index (χ2n) is 4.43. The monoisotopic (exact) mass is 197 g/mol. The van der Waals surface area contributed by atoms with E-state index in [9.17, 15) is 4.79 Å². The molecule has 1 aliphatic heterocycles. The van der Waals surface area contributed by atoms with Crippen LogP contribution in [-0.2, 0) is 4.79 Å². The van der Waals surface area contributed by atoms with Crippen LogP contribution in [0.2, 0.25) is 0 Å². The summed E-state index contributed by atoms with van der Waals surface area (Å²) >= 11 is 0. The van der Waals surface area contributed by atoms with Gasteiger partial charge in [0.2, 0.25) is 5.91 Å². The Morgan fingerprint density at radius 2 is 2.36 bits per heavy atom. The fraction of sp³-hybridized carbons (Fsp3) is 0.900. The molecule has 2 aliphatic rings. The highest BCUT2D eigenvalue weighted by atomic mass is 16.2. The van der Waals surface area contributed by atoms with E-state index in [4.69, 9.17) is 0 Å². The van der Waals surface area contributed by atoms with Crippen LogP contribution >= 0.6 is 0 Å². The molecule has 0 aromatic carbocycles. The van der Waals surface area contributed by atoms with Crippen molar-refractivity contribution in [3.05, 3.63) is 0 Å². The molecule has 1 saturated heterocycles. The second kappa shape index (κ2) is 4.28. The number of rotatable bonds is 3. The first-order valence-corrected chi connectivity index (χ1v) is 5.49. The van der Waals surface area contributed by atoms with Gasteiger partial charge in [0.05, 0.1) is 6.54 Å². The Bertz CT molecular complexity index is 215. The van der Waals surface area contributed by atoms with Gasteiger partial charge in [0.25, 0.3) is 0 Å². The molecular weight excluding hydrogens is 178 g/mol. The molecule has 0 bridgehead atoms. The average molecular weight is 197 g/mol. The quantitative estimate of drug-likeness (QED) is 0.644. The van der Waals surface area contributed by atoms with Gasteiger partial charge in [0.1, 0.15) is 0 Å². The summed E-state index contributed by atoms with van der Waals surface area (Å²) in [4.78, 5) is 13.7. The van der Waals surface area contributed by atoms with Gasteiger partial charge in [-0.3, -0.25) is 9.69 Å². The molecule has 4 nitrogen and oxygen atoms in total. The molecular formula is C10H19N3O. The van der Waals surface area contributed by atoms with E-state index in [1.54, 1.807) is 0 Å². The van der Waals surface area contributed by atoms with Crippen molar-refractivity contribution in [3.8, 4) is 0 Å². The first kappa shape index (κ1) is 9.93. The van der Waals surface area contributed by atoms with Gasteiger partial charge >= 0.3 is 0 Å². The van der Waals surface area contributed by atoms with Crippen LogP contribution in [0.5, 0.6) is 0 Å². The van der Waals surface area contributed by atoms with E-state index < -0.39 is 0 Å². The van der Waals surface area contributed by atoms with Gasteiger partial charge in [0.15, 0.2) is 0 Å². The number of carbonyl (C=O) groups is 1. The molecule has 2 N–H and O–H groups in total. The summed E-state index contributed by atoms with van der Waals surface area (Å²) in [5, 5.41) is 6.38. The first-order valence-electron chi connectivity index (χ1n) is 5.49. The third kappa shape index (κ3) is 2.96. The fourth-order valence-electron chi connectivity index (χ4n) is 1.86. The van der Waals surface area contributed by atoms with Crippen molar-refractivity contribution in [1.29, 1.82) is 0 Å². The molecule has 2 rings (SSSR count). The molecule has 0 spiro atoms. The van der Waals surface area contributed by atoms with Crippen molar-refractivity contribution in [2.75, 3.05) is 26.2 Å². The maximum atomic E-state index is 11.5. The summed E-state index contributed by atoms with van der Waals surface area (Å²) in [6.45, 7) is 5.70. The largest absolute Gasteiger partial charge is 0.352 e. The zero-order valence-electron chi connectivity index (χ0n) is 8.75. The lowest BCUT2D eigenvalue weighted by Gasteiger charge is -2.31. The molecule has 4 heteroatoms. The lowest BCUT2D eigenvalue weighted by Crippen LogP contribution is -2.52. The van der Waals surface area contributed by atoms with E-state index in [-0.39, 0.29) is 5.91 Å². The molecule has 1 heterocycles. The summed E-state index contributed by atoms with van der Waals surface area (Å²) < 4.78 is 0. The fourth-order valence-corrected chi connectivity index (χ4v) is 1.86. The van der Waals surface area contributed by atoms with Crippen LogP contribution in [0.4, 0.5) is 0 Å². The van der Waals surface area contributed by atoms with Crippen LogP contribution in [0.15, 0.2) is 0 Å². The zero-order chi connectivity index (χ0) is 9.97. The van der Waals surface area contributed by atoms with Crippen molar-refractivity contribution in [3.63, 3.8) is 0 Å². The molecule has 1 aliphatic carbocycles. The van der Waals surface area contributed by atoms with E-state index in [0.29, 0.717) is 18.6 Å². The molecule has 0 aromatic rings. The van der Waals surface area contributed by atoms with E-state index in [0.717, 1.165) is 19.6 Å².